The largest absolute Gasteiger partial charge is 0.494 e. The van der Waals surface area contributed by atoms with E-state index in [4.69, 9.17) is 32.7 Å². The molecule has 0 aliphatic carbocycles. The quantitative estimate of drug-likeness (QED) is 0.541. The highest BCUT2D eigenvalue weighted by molar-refractivity contribution is 6.42. The molecule has 0 saturated carbocycles. The number of benzene rings is 2. The molecule has 1 saturated heterocycles. The highest BCUT2D eigenvalue weighted by Gasteiger charge is 2.19. The molecule has 4 nitrogen and oxygen atoms in total. The van der Waals surface area contributed by atoms with E-state index in [1.807, 2.05) is 6.07 Å². The van der Waals surface area contributed by atoms with Crippen molar-refractivity contribution in [2.75, 3.05) is 26.7 Å². The van der Waals surface area contributed by atoms with E-state index in [0.717, 1.165) is 38.2 Å². The molecule has 7 heteroatoms. The molecule has 1 aliphatic rings. The van der Waals surface area contributed by atoms with Crippen LogP contribution in [0.4, 0.5) is 4.39 Å². The van der Waals surface area contributed by atoms with Gasteiger partial charge in [-0.05, 0) is 56.6 Å². The lowest BCUT2D eigenvalue weighted by Crippen LogP contribution is -2.37. The summed E-state index contributed by atoms with van der Waals surface area (Å²) in [5.74, 6) is 0.302. The van der Waals surface area contributed by atoms with Crippen LogP contribution in [0, 0.1) is 5.82 Å². The van der Waals surface area contributed by atoms with Crippen molar-refractivity contribution >= 4 is 29.0 Å². The highest BCUT2D eigenvalue weighted by Crippen LogP contribution is 2.28. The molecule has 0 aromatic heterocycles. The number of Topliss-reactive ketones (excluding diaryl/α,β-unsaturated/α-hetero) is 1. The standard InChI is InChI=1S/C13H17Cl2NO.C9H9FO2/c1-2-16-7-5-10(6-8-16)17-11-3-4-12(14)13(15)9-11;1-6(11)7-3-4-9(12-2)8(10)5-7/h3-4,9-10H,2,5-8H2,1H3;3-5H,1-2H3. The number of carbonyl (C=O) groups is 1. The molecule has 1 aliphatic heterocycles. The van der Waals surface area contributed by atoms with Crippen LogP contribution in [0.5, 0.6) is 11.5 Å². The normalized spacial score (nSPS) is 14.7. The number of ketones is 1. The molecule has 158 valence electrons. The van der Waals surface area contributed by atoms with Gasteiger partial charge in [0.1, 0.15) is 11.9 Å². The highest BCUT2D eigenvalue weighted by atomic mass is 35.5. The van der Waals surface area contributed by atoms with E-state index >= 15 is 0 Å². The maximum absolute atomic E-state index is 12.9. The number of rotatable bonds is 5. The number of ether oxygens (including phenoxy) is 2. The number of piperidine rings is 1. The van der Waals surface area contributed by atoms with Gasteiger partial charge >= 0.3 is 0 Å². The number of halogens is 3. The van der Waals surface area contributed by atoms with Crippen LogP contribution in [0.15, 0.2) is 36.4 Å². The first-order valence-corrected chi connectivity index (χ1v) is 10.3. The van der Waals surface area contributed by atoms with Crippen LogP contribution < -0.4 is 9.47 Å². The fourth-order valence-corrected chi connectivity index (χ4v) is 3.26. The zero-order chi connectivity index (χ0) is 21.4. The Balaban J connectivity index is 0.000000221. The smallest absolute Gasteiger partial charge is 0.165 e. The lowest BCUT2D eigenvalue weighted by molar-refractivity contribution is 0.101. The first kappa shape index (κ1) is 23.5. The Labute approximate surface area is 181 Å². The van der Waals surface area contributed by atoms with E-state index in [-0.39, 0.29) is 11.5 Å². The monoisotopic (exact) mass is 441 g/mol. The maximum atomic E-state index is 12.9. The summed E-state index contributed by atoms with van der Waals surface area (Å²) in [6.07, 6.45) is 2.46. The predicted molar refractivity (Wildman–Crippen MR) is 115 cm³/mol. The summed E-state index contributed by atoms with van der Waals surface area (Å²) in [5.41, 5.74) is 0.355. The van der Waals surface area contributed by atoms with E-state index in [1.54, 1.807) is 12.1 Å². The Hall–Kier alpha value is -1.82. The molecule has 0 atom stereocenters. The van der Waals surface area contributed by atoms with E-state index < -0.39 is 5.82 Å². The molecule has 2 aromatic carbocycles. The third-order valence-electron chi connectivity index (χ3n) is 4.73. The van der Waals surface area contributed by atoms with Crippen molar-refractivity contribution in [3.05, 3.63) is 57.8 Å². The predicted octanol–water partition coefficient (Wildman–Crippen LogP) is 5.89. The zero-order valence-electron chi connectivity index (χ0n) is 16.9. The van der Waals surface area contributed by atoms with Gasteiger partial charge in [-0.25, -0.2) is 4.39 Å². The van der Waals surface area contributed by atoms with E-state index in [2.05, 4.69) is 11.8 Å². The van der Waals surface area contributed by atoms with Crippen LogP contribution in [-0.2, 0) is 0 Å². The summed E-state index contributed by atoms with van der Waals surface area (Å²) < 4.78 is 23.5. The lowest BCUT2D eigenvalue weighted by atomic mass is 10.1. The van der Waals surface area contributed by atoms with Gasteiger partial charge in [-0.2, -0.15) is 0 Å². The molecule has 0 N–H and O–H groups in total. The molecule has 0 spiro atoms. The lowest BCUT2D eigenvalue weighted by Gasteiger charge is -2.31. The van der Waals surface area contributed by atoms with Gasteiger partial charge < -0.3 is 14.4 Å². The molecule has 1 fully saturated rings. The molecular formula is C22H26Cl2FNO3. The summed E-state index contributed by atoms with van der Waals surface area (Å²) in [6.45, 7) is 6.94. The average Bonchev–Trinajstić information content (AvgIpc) is 2.71. The average molecular weight is 442 g/mol. The van der Waals surface area contributed by atoms with Gasteiger partial charge in [0.25, 0.3) is 0 Å². The SMILES string of the molecule is CCN1CCC(Oc2ccc(Cl)c(Cl)c2)CC1.COc1ccc(C(C)=O)cc1F. The molecule has 0 amide bonds. The second kappa shape index (κ2) is 11.4. The molecule has 2 aromatic rings. The third kappa shape index (κ3) is 7.18. The number of hydrogen-bond donors (Lipinski definition) is 0. The van der Waals surface area contributed by atoms with Crippen molar-refractivity contribution in [3.63, 3.8) is 0 Å². The van der Waals surface area contributed by atoms with Crippen LogP contribution in [-0.4, -0.2) is 43.5 Å². The van der Waals surface area contributed by atoms with Crippen LogP contribution >= 0.6 is 23.2 Å². The molecule has 0 bridgehead atoms. The second-order valence-electron chi connectivity index (χ2n) is 6.73. The Morgan fingerprint density at radius 2 is 1.83 bits per heavy atom. The zero-order valence-corrected chi connectivity index (χ0v) is 18.4. The van der Waals surface area contributed by atoms with Gasteiger partial charge in [-0.1, -0.05) is 30.1 Å². The van der Waals surface area contributed by atoms with Crippen molar-refractivity contribution in [1.29, 1.82) is 0 Å². The second-order valence-corrected chi connectivity index (χ2v) is 7.55. The molecule has 0 unspecified atom stereocenters. The Morgan fingerprint density at radius 1 is 1.14 bits per heavy atom. The summed E-state index contributed by atoms with van der Waals surface area (Å²) in [4.78, 5) is 13.2. The van der Waals surface area contributed by atoms with Crippen molar-refractivity contribution in [3.8, 4) is 11.5 Å². The number of nitrogens with zero attached hydrogens (tertiary/aromatic N) is 1. The Morgan fingerprint density at radius 3 is 2.34 bits per heavy atom. The van der Waals surface area contributed by atoms with Crippen LogP contribution in [0.3, 0.4) is 0 Å². The van der Waals surface area contributed by atoms with Crippen LogP contribution in [0.25, 0.3) is 0 Å². The molecular weight excluding hydrogens is 416 g/mol. The van der Waals surface area contributed by atoms with E-state index in [0.29, 0.717) is 21.7 Å². The van der Waals surface area contributed by atoms with Crippen molar-refractivity contribution in [1.82, 2.24) is 4.90 Å². The number of carbonyl (C=O) groups excluding carboxylic acids is 1. The molecule has 0 radical (unpaired) electrons. The van der Waals surface area contributed by atoms with Crippen molar-refractivity contribution in [2.45, 2.75) is 32.8 Å². The van der Waals surface area contributed by atoms with E-state index in [9.17, 15) is 9.18 Å². The van der Waals surface area contributed by atoms with Crippen LogP contribution in [0.1, 0.15) is 37.0 Å². The van der Waals surface area contributed by atoms with E-state index in [1.165, 1.54) is 32.2 Å². The molecule has 1 heterocycles. The van der Waals surface area contributed by atoms with Gasteiger partial charge in [-0.15, -0.1) is 0 Å². The number of likely N-dealkylation sites (tertiary alicyclic amines) is 1. The van der Waals surface area contributed by atoms with Gasteiger partial charge in [0.05, 0.1) is 17.2 Å². The fraction of sp³-hybridized carbons (Fsp3) is 0.409. The summed E-state index contributed by atoms with van der Waals surface area (Å²) >= 11 is 11.8. The summed E-state index contributed by atoms with van der Waals surface area (Å²) in [5, 5.41) is 1.12. The maximum Gasteiger partial charge on any atom is 0.165 e. The topological polar surface area (TPSA) is 38.8 Å². The first-order chi connectivity index (χ1) is 13.8. The van der Waals surface area contributed by atoms with Gasteiger partial charge in [0.15, 0.2) is 17.3 Å². The Bertz CT molecular complexity index is 824. The van der Waals surface area contributed by atoms with Gasteiger partial charge in [0.2, 0.25) is 0 Å². The minimum Gasteiger partial charge on any atom is -0.494 e. The molecule has 3 rings (SSSR count). The minimum absolute atomic E-state index is 0.153. The fourth-order valence-electron chi connectivity index (χ4n) is 2.97. The van der Waals surface area contributed by atoms with Crippen molar-refractivity contribution in [2.24, 2.45) is 0 Å². The van der Waals surface area contributed by atoms with Gasteiger partial charge in [0, 0.05) is 24.7 Å². The third-order valence-corrected chi connectivity index (χ3v) is 5.47. The summed E-state index contributed by atoms with van der Waals surface area (Å²) in [6, 6.07) is 9.58. The number of methoxy groups -OCH3 is 1. The van der Waals surface area contributed by atoms with Gasteiger partial charge in [-0.3, -0.25) is 4.79 Å². The molecule has 29 heavy (non-hydrogen) atoms. The first-order valence-electron chi connectivity index (χ1n) is 9.52. The van der Waals surface area contributed by atoms with Crippen LogP contribution in [0.2, 0.25) is 10.0 Å². The Kier molecular flexibility index (Phi) is 9.21. The number of hydrogen-bond acceptors (Lipinski definition) is 4. The minimum atomic E-state index is -0.509. The summed E-state index contributed by atoms with van der Waals surface area (Å²) in [7, 11) is 1.38. The van der Waals surface area contributed by atoms with Crippen molar-refractivity contribution < 1.29 is 18.7 Å².